The number of nitrogens with zero attached hydrogens (tertiary/aromatic N) is 4. The van der Waals surface area contributed by atoms with Crippen molar-refractivity contribution in [1.82, 2.24) is 19.1 Å². The molecule has 0 saturated heterocycles. The number of allylic oxidation sites excluding steroid dienone is 1. The summed E-state index contributed by atoms with van der Waals surface area (Å²) in [7, 11) is 0. The molecule has 4 heteroatoms. The maximum absolute atomic E-state index is 4.87. The summed E-state index contributed by atoms with van der Waals surface area (Å²) in [6, 6.07) is 52.4. The Balaban J connectivity index is 1.22. The predicted molar refractivity (Wildman–Crippen MR) is 211 cm³/mol. The second-order valence-corrected chi connectivity index (χ2v) is 13.5. The summed E-state index contributed by atoms with van der Waals surface area (Å²) >= 11 is 0. The fraction of sp³-hybridized carbons (Fsp3) is 0.0638. The lowest BCUT2D eigenvalue weighted by atomic mass is 9.88. The van der Waals surface area contributed by atoms with E-state index in [0.29, 0.717) is 5.92 Å². The van der Waals surface area contributed by atoms with Crippen LogP contribution < -0.4 is 0 Å². The van der Waals surface area contributed by atoms with Gasteiger partial charge in [-0.1, -0.05) is 104 Å². The summed E-state index contributed by atoms with van der Waals surface area (Å²) in [5, 5.41) is 1.15. The second-order valence-electron chi connectivity index (χ2n) is 13.5. The molecule has 1 aliphatic carbocycles. The van der Waals surface area contributed by atoms with Crippen LogP contribution in [0.15, 0.2) is 164 Å². The van der Waals surface area contributed by atoms with E-state index in [2.05, 4.69) is 162 Å². The van der Waals surface area contributed by atoms with Crippen LogP contribution in [0, 0.1) is 5.92 Å². The van der Waals surface area contributed by atoms with Crippen LogP contribution >= 0.6 is 0 Å². The average Bonchev–Trinajstić information content (AvgIpc) is 3.71. The Bertz CT molecular complexity index is 2730. The van der Waals surface area contributed by atoms with Gasteiger partial charge >= 0.3 is 0 Å². The normalized spacial score (nSPS) is 14.0. The molecule has 5 aromatic carbocycles. The van der Waals surface area contributed by atoms with Crippen LogP contribution in [0.25, 0.3) is 83.8 Å². The molecule has 0 spiro atoms. The van der Waals surface area contributed by atoms with E-state index in [0.717, 1.165) is 50.8 Å². The molecule has 0 fully saturated rings. The third-order valence-corrected chi connectivity index (χ3v) is 10.4. The zero-order valence-electron chi connectivity index (χ0n) is 28.2. The molecule has 0 aliphatic heterocycles. The molecule has 242 valence electrons. The largest absolute Gasteiger partial charge is 0.308 e. The molecular weight excluding hydrogens is 621 g/mol. The molecule has 4 heterocycles. The van der Waals surface area contributed by atoms with Gasteiger partial charge < -0.3 is 9.13 Å². The van der Waals surface area contributed by atoms with Crippen molar-refractivity contribution in [3.63, 3.8) is 0 Å². The lowest BCUT2D eigenvalue weighted by Gasteiger charge is -2.20. The highest BCUT2D eigenvalue weighted by Crippen LogP contribution is 2.43. The Morgan fingerprint density at radius 3 is 1.73 bits per heavy atom. The smallest absolute Gasteiger partial charge is 0.0963 e. The molecule has 0 radical (unpaired) electrons. The van der Waals surface area contributed by atoms with Crippen LogP contribution in [-0.4, -0.2) is 19.1 Å². The van der Waals surface area contributed by atoms with Crippen molar-refractivity contribution in [2.45, 2.75) is 13.3 Å². The van der Waals surface area contributed by atoms with E-state index in [1.54, 1.807) is 0 Å². The van der Waals surface area contributed by atoms with Gasteiger partial charge in [-0.15, -0.1) is 0 Å². The van der Waals surface area contributed by atoms with E-state index in [1.165, 1.54) is 44.6 Å². The highest BCUT2D eigenvalue weighted by molar-refractivity contribution is 6.07. The highest BCUT2D eigenvalue weighted by atomic mass is 15.0. The van der Waals surface area contributed by atoms with Crippen molar-refractivity contribution in [2.24, 2.45) is 5.92 Å². The molecule has 0 N–H and O–H groups in total. The highest BCUT2D eigenvalue weighted by Gasteiger charge is 2.23. The molecule has 51 heavy (non-hydrogen) atoms. The van der Waals surface area contributed by atoms with E-state index in [4.69, 9.17) is 9.97 Å². The SMILES string of the molecule is CC1C=Cc2c(c3ncccc3n2-c2ccc(-c3ccc(-n4c5ccccc5c5ncccc54)cc3-c3ccccc3)c(-c3ccccc3)c2)C1. The fourth-order valence-corrected chi connectivity index (χ4v) is 8.08. The maximum Gasteiger partial charge on any atom is 0.0963 e. The Morgan fingerprint density at radius 2 is 1.06 bits per heavy atom. The van der Waals surface area contributed by atoms with E-state index in [-0.39, 0.29) is 0 Å². The first-order chi connectivity index (χ1) is 25.2. The van der Waals surface area contributed by atoms with Crippen LogP contribution in [0.2, 0.25) is 0 Å². The first kappa shape index (κ1) is 29.4. The van der Waals surface area contributed by atoms with Gasteiger partial charge in [0.1, 0.15) is 0 Å². The van der Waals surface area contributed by atoms with Gasteiger partial charge in [-0.3, -0.25) is 9.97 Å². The van der Waals surface area contributed by atoms with Crippen molar-refractivity contribution in [2.75, 3.05) is 0 Å². The van der Waals surface area contributed by atoms with Crippen LogP contribution in [0.5, 0.6) is 0 Å². The summed E-state index contributed by atoms with van der Waals surface area (Å²) in [5.41, 5.74) is 17.4. The maximum atomic E-state index is 4.87. The third-order valence-electron chi connectivity index (χ3n) is 10.4. The lowest BCUT2D eigenvalue weighted by Crippen LogP contribution is -2.05. The molecule has 0 amide bonds. The molecule has 1 unspecified atom stereocenters. The van der Waals surface area contributed by atoms with Gasteiger partial charge in [0.2, 0.25) is 0 Å². The van der Waals surface area contributed by atoms with Gasteiger partial charge in [0.15, 0.2) is 0 Å². The molecule has 10 rings (SSSR count). The van der Waals surface area contributed by atoms with Gasteiger partial charge in [0.25, 0.3) is 0 Å². The number of hydrogen-bond donors (Lipinski definition) is 0. The lowest BCUT2D eigenvalue weighted by molar-refractivity contribution is 0.717. The molecule has 4 aromatic heterocycles. The zero-order valence-corrected chi connectivity index (χ0v) is 28.2. The van der Waals surface area contributed by atoms with Gasteiger partial charge in [-0.2, -0.15) is 0 Å². The standard InChI is InChI=1S/C47H34N4/c1-31-20-25-43-41(28-31)47-45(19-11-27-49-47)51(43)35-22-24-37(40(30-35)33-14-6-3-7-15-33)36-23-21-34(29-39(36)32-12-4-2-5-13-32)50-42-17-9-8-16-38(42)46-44(50)18-10-26-48-46/h2-27,29-31H,28H2,1H3. The van der Waals surface area contributed by atoms with Crippen LogP contribution in [-0.2, 0) is 6.42 Å². The number of fused-ring (bicyclic) bond motifs is 6. The predicted octanol–water partition coefficient (Wildman–Crippen LogP) is 11.7. The number of hydrogen-bond acceptors (Lipinski definition) is 2. The van der Waals surface area contributed by atoms with Crippen molar-refractivity contribution in [1.29, 1.82) is 0 Å². The Labute approximate surface area is 296 Å². The summed E-state index contributed by atoms with van der Waals surface area (Å²) < 4.78 is 4.74. The number of para-hydroxylation sites is 1. The molecule has 4 nitrogen and oxygen atoms in total. The average molecular weight is 655 g/mol. The second kappa shape index (κ2) is 11.8. The number of pyridine rings is 2. The molecule has 0 saturated carbocycles. The Morgan fingerprint density at radius 1 is 0.510 bits per heavy atom. The van der Waals surface area contributed by atoms with Gasteiger partial charge in [-0.05, 0) is 106 Å². The molecule has 9 aromatic rings. The summed E-state index contributed by atoms with van der Waals surface area (Å²) in [5.74, 6) is 0.485. The van der Waals surface area contributed by atoms with Gasteiger partial charge in [-0.25, -0.2) is 0 Å². The molecule has 0 bridgehead atoms. The summed E-state index contributed by atoms with van der Waals surface area (Å²) in [6.45, 7) is 2.28. The Hall–Kier alpha value is -6.52. The quantitative estimate of drug-likeness (QED) is 0.185. The minimum atomic E-state index is 0.485. The topological polar surface area (TPSA) is 35.6 Å². The molecular formula is C47H34N4. The summed E-state index contributed by atoms with van der Waals surface area (Å²) in [4.78, 5) is 9.67. The number of rotatable bonds is 5. The van der Waals surface area contributed by atoms with Crippen LogP contribution in [0.4, 0.5) is 0 Å². The molecule has 1 aliphatic rings. The fourth-order valence-electron chi connectivity index (χ4n) is 8.08. The van der Waals surface area contributed by atoms with E-state index >= 15 is 0 Å². The first-order valence-electron chi connectivity index (χ1n) is 17.6. The Kier molecular flexibility index (Phi) is 6.81. The first-order valence-corrected chi connectivity index (χ1v) is 17.6. The van der Waals surface area contributed by atoms with E-state index in [1.807, 2.05) is 24.5 Å². The van der Waals surface area contributed by atoms with E-state index < -0.39 is 0 Å². The minimum absolute atomic E-state index is 0.485. The van der Waals surface area contributed by atoms with Crippen molar-refractivity contribution in [3.8, 4) is 44.8 Å². The third kappa shape index (κ3) is 4.75. The van der Waals surface area contributed by atoms with Gasteiger partial charge in [0, 0.05) is 34.7 Å². The summed E-state index contributed by atoms with van der Waals surface area (Å²) in [6.07, 6.45) is 9.40. The number of aromatic nitrogens is 4. The van der Waals surface area contributed by atoms with Crippen molar-refractivity contribution in [3.05, 3.63) is 175 Å². The van der Waals surface area contributed by atoms with Crippen molar-refractivity contribution >= 4 is 39.0 Å². The monoisotopic (exact) mass is 654 g/mol. The molecule has 1 atom stereocenters. The van der Waals surface area contributed by atoms with Crippen LogP contribution in [0.3, 0.4) is 0 Å². The zero-order chi connectivity index (χ0) is 33.9. The van der Waals surface area contributed by atoms with Crippen LogP contribution in [0.1, 0.15) is 18.2 Å². The van der Waals surface area contributed by atoms with E-state index in [9.17, 15) is 0 Å². The van der Waals surface area contributed by atoms with Crippen molar-refractivity contribution < 1.29 is 0 Å². The van der Waals surface area contributed by atoms with Gasteiger partial charge in [0.05, 0.1) is 33.3 Å². The number of benzene rings is 5. The minimum Gasteiger partial charge on any atom is -0.308 e.